The molecule has 4 aliphatic heterocycles. The largest absolute Gasteiger partial charge is 0.334 e. The third kappa shape index (κ3) is 6.29. The van der Waals surface area contributed by atoms with Crippen LogP contribution in [0.15, 0.2) is 182 Å². The highest BCUT2D eigenvalue weighted by molar-refractivity contribution is 7.00. The van der Waals surface area contributed by atoms with E-state index in [1.54, 1.807) is 0 Å². The van der Waals surface area contributed by atoms with E-state index in [9.17, 15) is 0 Å². The van der Waals surface area contributed by atoms with Crippen molar-refractivity contribution in [3.8, 4) is 22.3 Å². The van der Waals surface area contributed by atoms with Crippen molar-refractivity contribution in [1.29, 1.82) is 0 Å². The van der Waals surface area contributed by atoms with Gasteiger partial charge in [0.05, 0.1) is 16.8 Å². The lowest BCUT2D eigenvalue weighted by atomic mass is 9.33. The normalized spacial score (nSPS) is 23.3. The average Bonchev–Trinajstić information content (AvgIpc) is 2.46. The lowest BCUT2D eigenvalue weighted by Gasteiger charge is -2.54. The van der Waals surface area contributed by atoms with Gasteiger partial charge in [0.25, 0.3) is 6.71 Å². The summed E-state index contributed by atoms with van der Waals surface area (Å²) in [5, 5.41) is 2.52. The van der Waals surface area contributed by atoms with E-state index in [1.807, 2.05) is 0 Å². The van der Waals surface area contributed by atoms with Crippen molar-refractivity contribution in [3.05, 3.63) is 215 Å². The van der Waals surface area contributed by atoms with Gasteiger partial charge in [-0.05, 0) is 176 Å². The lowest BCUT2D eigenvalue weighted by Crippen LogP contribution is -2.64. The van der Waals surface area contributed by atoms with Crippen LogP contribution in [0.4, 0.5) is 39.8 Å². The highest BCUT2D eigenvalue weighted by atomic mass is 15.3. The molecule has 0 amide bonds. The molecule has 0 radical (unpaired) electrons. The molecule has 386 valence electrons. The fourth-order valence-corrected chi connectivity index (χ4v) is 16.4. The Kier molecular flexibility index (Phi) is 9.92. The summed E-state index contributed by atoms with van der Waals surface area (Å²) in [6, 6.07) is 71.7. The van der Waals surface area contributed by atoms with Crippen LogP contribution >= 0.6 is 0 Å². The van der Waals surface area contributed by atoms with Gasteiger partial charge < -0.3 is 14.7 Å². The van der Waals surface area contributed by atoms with Gasteiger partial charge in [-0.1, -0.05) is 202 Å². The Morgan fingerprint density at radius 2 is 1.10 bits per heavy atom. The average molecular weight is 1010 g/mol. The molecule has 0 saturated heterocycles. The molecule has 6 aliphatic rings. The van der Waals surface area contributed by atoms with Gasteiger partial charge in [-0.3, -0.25) is 0 Å². The number of anilines is 7. The molecular formula is C74H72BN3. The predicted molar refractivity (Wildman–Crippen MR) is 332 cm³/mol. The van der Waals surface area contributed by atoms with Crippen molar-refractivity contribution in [3.63, 3.8) is 0 Å². The number of hydrogen-bond acceptors (Lipinski definition) is 3. The standard InChI is InChI=1S/C74H72BN3/c1-69(2,3)53-32-35-62(56(43-53)52-30-29-48-23-14-15-25-50(48)41-52)76-64-36-33-54(70(4,5)6)44-61(64)75-60-28-20-27-58-68(60)78(74(10)57-26-17-16-24-49(57)37-40-72(58,74)8)66-46-55(45-65(76)67(66)75)77-63-34-31-51(47-21-12-11-13-22-47)42-59(63)71(7)38-18-19-39-73(71,77)9/h11-17,20-36,41-46H,18-19,37-40H2,1-10H3. The topological polar surface area (TPSA) is 9.72 Å². The van der Waals surface area contributed by atoms with E-state index in [0.717, 1.165) is 25.7 Å². The molecule has 4 atom stereocenters. The lowest BCUT2D eigenvalue weighted by molar-refractivity contribution is 0.195. The molecule has 0 spiro atoms. The molecule has 9 aromatic rings. The van der Waals surface area contributed by atoms with Crippen molar-refractivity contribution in [1.82, 2.24) is 0 Å². The molecule has 78 heavy (non-hydrogen) atoms. The molecule has 0 N–H and O–H groups in total. The number of aryl methyl sites for hydroxylation is 1. The monoisotopic (exact) mass is 1010 g/mol. The fourth-order valence-electron chi connectivity index (χ4n) is 16.4. The van der Waals surface area contributed by atoms with Gasteiger partial charge in [0.1, 0.15) is 0 Å². The molecule has 15 rings (SSSR count). The zero-order chi connectivity index (χ0) is 53.5. The van der Waals surface area contributed by atoms with E-state index in [1.165, 1.54) is 135 Å². The third-order valence-electron chi connectivity index (χ3n) is 21.1. The number of rotatable bonds is 4. The molecule has 4 heterocycles. The maximum atomic E-state index is 2.91. The summed E-state index contributed by atoms with van der Waals surface area (Å²) >= 11 is 0. The first kappa shape index (κ1) is 47.9. The molecule has 0 aromatic heterocycles. The van der Waals surface area contributed by atoms with Crippen LogP contribution in [-0.4, -0.2) is 12.3 Å². The van der Waals surface area contributed by atoms with Crippen LogP contribution in [0.2, 0.25) is 0 Å². The summed E-state index contributed by atoms with van der Waals surface area (Å²) in [5.74, 6) is 0. The second kappa shape index (κ2) is 16.2. The van der Waals surface area contributed by atoms with Crippen LogP contribution in [0.5, 0.6) is 0 Å². The van der Waals surface area contributed by atoms with Gasteiger partial charge in [0.2, 0.25) is 0 Å². The van der Waals surface area contributed by atoms with E-state index in [0.29, 0.717) is 0 Å². The van der Waals surface area contributed by atoms with Gasteiger partial charge in [-0.25, -0.2) is 0 Å². The summed E-state index contributed by atoms with van der Waals surface area (Å²) < 4.78 is 0. The van der Waals surface area contributed by atoms with E-state index < -0.39 is 0 Å². The minimum atomic E-state index is -0.364. The first-order valence-electron chi connectivity index (χ1n) is 29.2. The Labute approximate surface area is 464 Å². The second-order valence-electron chi connectivity index (χ2n) is 27.1. The molecule has 3 nitrogen and oxygen atoms in total. The van der Waals surface area contributed by atoms with Crippen molar-refractivity contribution in [2.75, 3.05) is 14.7 Å². The first-order chi connectivity index (χ1) is 37.4. The SMILES string of the molecule is CC(C)(C)c1ccc2c(c1)B1c3cccc4c3N(c3cc(N5c6ccc(-c7ccccc7)cc6C6(C)CCCCC56C)cc(c31)N2c1ccc(C(C)(C)C)cc1-c1ccc2ccccc2c1)C1(C)c2ccccc2CCC41C. The van der Waals surface area contributed by atoms with Crippen LogP contribution in [-0.2, 0) is 33.6 Å². The molecule has 9 aromatic carbocycles. The number of para-hydroxylation sites is 1. The van der Waals surface area contributed by atoms with E-state index >= 15 is 0 Å². The van der Waals surface area contributed by atoms with Crippen molar-refractivity contribution in [2.45, 2.75) is 141 Å². The first-order valence-corrected chi connectivity index (χ1v) is 29.2. The summed E-state index contributed by atoms with van der Waals surface area (Å²) in [6.45, 7) is 24.7. The summed E-state index contributed by atoms with van der Waals surface area (Å²) in [4.78, 5) is 8.51. The Hall–Kier alpha value is -7.30. The summed E-state index contributed by atoms with van der Waals surface area (Å²) in [5.41, 5.74) is 26.2. The Balaban J connectivity index is 1.08. The zero-order valence-corrected chi connectivity index (χ0v) is 47.5. The smallest absolute Gasteiger partial charge is 0.252 e. The van der Waals surface area contributed by atoms with Gasteiger partial charge in [-0.15, -0.1) is 0 Å². The van der Waals surface area contributed by atoms with Gasteiger partial charge in [0, 0.05) is 50.5 Å². The van der Waals surface area contributed by atoms with Gasteiger partial charge in [-0.2, -0.15) is 0 Å². The van der Waals surface area contributed by atoms with Crippen LogP contribution < -0.4 is 31.1 Å². The quantitative estimate of drug-likeness (QED) is 0.163. The molecule has 0 bridgehead atoms. The van der Waals surface area contributed by atoms with E-state index in [-0.39, 0.29) is 39.5 Å². The predicted octanol–water partition coefficient (Wildman–Crippen LogP) is 17.4. The summed E-state index contributed by atoms with van der Waals surface area (Å²) in [7, 11) is 0. The van der Waals surface area contributed by atoms with Crippen LogP contribution in [0.3, 0.4) is 0 Å². The molecule has 1 fully saturated rings. The van der Waals surface area contributed by atoms with Crippen molar-refractivity contribution >= 4 is 73.7 Å². The molecule has 2 aliphatic carbocycles. The molecular weight excluding hydrogens is 942 g/mol. The number of nitrogens with zero attached hydrogens (tertiary/aromatic N) is 3. The van der Waals surface area contributed by atoms with Crippen LogP contribution in [0, 0.1) is 0 Å². The van der Waals surface area contributed by atoms with Crippen LogP contribution in [0.25, 0.3) is 33.0 Å². The Morgan fingerprint density at radius 1 is 0.436 bits per heavy atom. The minimum Gasteiger partial charge on any atom is -0.334 e. The molecule has 4 heteroatoms. The number of benzene rings is 9. The Bertz CT molecular complexity index is 4010. The fraction of sp³-hybridized carbons (Fsp3) is 0.297. The van der Waals surface area contributed by atoms with E-state index in [2.05, 4.69) is 266 Å². The van der Waals surface area contributed by atoms with Gasteiger partial charge >= 0.3 is 0 Å². The van der Waals surface area contributed by atoms with Crippen molar-refractivity contribution in [2.24, 2.45) is 0 Å². The Morgan fingerprint density at radius 3 is 1.90 bits per heavy atom. The third-order valence-corrected chi connectivity index (χ3v) is 21.1. The summed E-state index contributed by atoms with van der Waals surface area (Å²) in [6.07, 6.45) is 6.89. The molecule has 4 unspecified atom stereocenters. The number of hydrogen-bond donors (Lipinski definition) is 0. The highest BCUT2D eigenvalue weighted by Crippen LogP contribution is 2.66. The second-order valence-corrected chi connectivity index (χ2v) is 27.1. The zero-order valence-electron chi connectivity index (χ0n) is 47.5. The highest BCUT2D eigenvalue weighted by Gasteiger charge is 2.64. The van der Waals surface area contributed by atoms with E-state index in [4.69, 9.17) is 0 Å². The van der Waals surface area contributed by atoms with Gasteiger partial charge in [0.15, 0.2) is 0 Å². The van der Waals surface area contributed by atoms with Crippen molar-refractivity contribution < 1.29 is 0 Å². The maximum absolute atomic E-state index is 2.91. The van der Waals surface area contributed by atoms with Crippen LogP contribution in [0.1, 0.15) is 135 Å². The molecule has 1 saturated carbocycles. The minimum absolute atomic E-state index is 0.0131. The maximum Gasteiger partial charge on any atom is 0.252 e. The number of fused-ring (bicyclic) bond motifs is 13.